The lowest BCUT2D eigenvalue weighted by Gasteiger charge is -2.18. The number of nitrogens with zero attached hydrogens (tertiary/aromatic N) is 4. The molecule has 31 heavy (non-hydrogen) atoms. The van der Waals surface area contributed by atoms with E-state index >= 15 is 0 Å². The van der Waals surface area contributed by atoms with E-state index < -0.39 is 11.9 Å². The Morgan fingerprint density at radius 3 is 2.48 bits per heavy atom. The third kappa shape index (κ3) is 4.81. The quantitative estimate of drug-likeness (QED) is 0.462. The van der Waals surface area contributed by atoms with Gasteiger partial charge in [0.25, 0.3) is 0 Å². The van der Waals surface area contributed by atoms with Crippen LogP contribution in [-0.4, -0.2) is 32.0 Å². The number of halogens is 1. The van der Waals surface area contributed by atoms with E-state index in [4.69, 9.17) is 5.73 Å². The van der Waals surface area contributed by atoms with E-state index in [2.05, 4.69) is 20.7 Å². The number of rotatable bonds is 7. The summed E-state index contributed by atoms with van der Waals surface area (Å²) in [7, 11) is 0. The minimum Gasteiger partial charge on any atom is -0.366 e. The number of amides is 2. The second-order valence-corrected chi connectivity index (χ2v) is 7.63. The molecule has 2 heterocycles. The van der Waals surface area contributed by atoms with E-state index in [-0.39, 0.29) is 18.3 Å². The van der Waals surface area contributed by atoms with E-state index in [0.717, 1.165) is 10.4 Å². The molecule has 0 aliphatic rings. The third-order valence-corrected chi connectivity index (χ3v) is 5.44. The van der Waals surface area contributed by atoms with E-state index in [1.807, 2.05) is 17.5 Å². The second-order valence-electron chi connectivity index (χ2n) is 6.65. The molecule has 2 aromatic heterocycles. The molecule has 4 aromatic rings. The Balaban J connectivity index is 1.47. The molecule has 0 radical (unpaired) electrons. The number of primary amides is 1. The van der Waals surface area contributed by atoms with Gasteiger partial charge in [-0.3, -0.25) is 9.59 Å². The Bertz CT molecular complexity index is 1190. The van der Waals surface area contributed by atoms with Crippen molar-refractivity contribution in [2.24, 2.45) is 5.73 Å². The van der Waals surface area contributed by atoms with Crippen LogP contribution in [0.5, 0.6) is 0 Å². The first kappa shape index (κ1) is 20.4. The lowest BCUT2D eigenvalue weighted by molar-refractivity contribution is -0.122. The van der Waals surface area contributed by atoms with Gasteiger partial charge in [-0.15, -0.1) is 21.5 Å². The molecule has 156 valence electrons. The van der Waals surface area contributed by atoms with Crippen molar-refractivity contribution in [1.29, 1.82) is 0 Å². The molecule has 0 unspecified atom stereocenters. The fraction of sp³-hybridized carbons (Fsp3) is 0.0952. The molecular weight excluding hydrogens is 419 g/mol. The smallest absolute Gasteiger partial charge is 0.248 e. The van der Waals surface area contributed by atoms with Gasteiger partial charge in [-0.1, -0.05) is 30.3 Å². The van der Waals surface area contributed by atoms with Crippen molar-refractivity contribution in [3.63, 3.8) is 0 Å². The number of aromatic nitrogens is 4. The largest absolute Gasteiger partial charge is 0.366 e. The number of carbonyl (C=O) groups is 2. The topological polar surface area (TPSA) is 116 Å². The summed E-state index contributed by atoms with van der Waals surface area (Å²) in [6, 6.07) is 15.8. The Morgan fingerprint density at radius 1 is 1.10 bits per heavy atom. The number of nitrogens with two attached hydrogens (primary N) is 1. The van der Waals surface area contributed by atoms with Gasteiger partial charge in [0, 0.05) is 16.0 Å². The molecule has 2 aromatic carbocycles. The van der Waals surface area contributed by atoms with Gasteiger partial charge < -0.3 is 11.1 Å². The van der Waals surface area contributed by atoms with Crippen LogP contribution in [-0.2, 0) is 11.3 Å². The first-order valence-electron chi connectivity index (χ1n) is 9.26. The van der Waals surface area contributed by atoms with Crippen molar-refractivity contribution in [2.75, 3.05) is 0 Å². The molecule has 1 atom stereocenters. The molecule has 4 rings (SSSR count). The zero-order valence-electron chi connectivity index (χ0n) is 16.1. The summed E-state index contributed by atoms with van der Waals surface area (Å²) in [4.78, 5) is 25.9. The summed E-state index contributed by atoms with van der Waals surface area (Å²) in [5, 5.41) is 16.9. The van der Waals surface area contributed by atoms with Crippen LogP contribution in [0.3, 0.4) is 0 Å². The maximum atomic E-state index is 13.3. The molecule has 0 saturated carbocycles. The summed E-state index contributed by atoms with van der Waals surface area (Å²) >= 11 is 1.49. The predicted molar refractivity (Wildman–Crippen MR) is 112 cm³/mol. The lowest BCUT2D eigenvalue weighted by Crippen LogP contribution is -2.32. The van der Waals surface area contributed by atoms with Crippen molar-refractivity contribution in [1.82, 2.24) is 25.5 Å². The summed E-state index contributed by atoms with van der Waals surface area (Å²) in [6.07, 6.45) is 0. The van der Waals surface area contributed by atoms with Crippen molar-refractivity contribution in [3.8, 4) is 11.4 Å². The number of hydrogen-bond donors (Lipinski definition) is 2. The van der Waals surface area contributed by atoms with Gasteiger partial charge in [0.2, 0.25) is 17.6 Å². The number of thiophene rings is 1. The fourth-order valence-electron chi connectivity index (χ4n) is 2.97. The normalized spacial score (nSPS) is 11.8. The first-order chi connectivity index (χ1) is 15.0. The van der Waals surface area contributed by atoms with Crippen molar-refractivity contribution < 1.29 is 14.0 Å². The van der Waals surface area contributed by atoms with Crippen LogP contribution in [0, 0.1) is 5.82 Å². The van der Waals surface area contributed by atoms with Crippen LogP contribution in [0.15, 0.2) is 66.0 Å². The molecule has 2 amide bonds. The molecule has 3 N–H and O–H groups in total. The van der Waals surface area contributed by atoms with Gasteiger partial charge in [0.1, 0.15) is 12.4 Å². The van der Waals surface area contributed by atoms with Crippen LogP contribution in [0.4, 0.5) is 4.39 Å². The van der Waals surface area contributed by atoms with Gasteiger partial charge in [0.15, 0.2) is 0 Å². The van der Waals surface area contributed by atoms with Crippen molar-refractivity contribution in [2.45, 2.75) is 12.6 Å². The number of tetrazole rings is 1. The van der Waals surface area contributed by atoms with Crippen molar-refractivity contribution in [3.05, 3.63) is 87.9 Å². The van der Waals surface area contributed by atoms with E-state index in [1.54, 1.807) is 36.4 Å². The summed E-state index contributed by atoms with van der Waals surface area (Å²) in [6.45, 7) is -0.143. The minimum absolute atomic E-state index is 0.143. The van der Waals surface area contributed by atoms with E-state index in [0.29, 0.717) is 17.0 Å². The predicted octanol–water partition coefficient (Wildman–Crippen LogP) is 2.55. The number of carbonyl (C=O) groups excluding carboxylic acids is 2. The maximum Gasteiger partial charge on any atom is 0.248 e. The van der Waals surface area contributed by atoms with Gasteiger partial charge in [-0.05, 0) is 46.5 Å². The Labute approximate surface area is 180 Å². The zero-order chi connectivity index (χ0) is 21.8. The molecular formula is C21H17FN6O2S. The molecule has 8 nitrogen and oxygen atoms in total. The molecule has 0 fully saturated rings. The number of hydrogen-bond acceptors (Lipinski definition) is 6. The SMILES string of the molecule is NC(=O)c1ccc(-c2nnn(CC(=O)N[C@@H](c3ccc(F)cc3)c3cccs3)n2)cc1. The molecule has 0 spiro atoms. The summed E-state index contributed by atoms with van der Waals surface area (Å²) < 4.78 is 13.3. The molecule has 10 heteroatoms. The van der Waals surface area contributed by atoms with Crippen LogP contribution in [0.2, 0.25) is 0 Å². The Morgan fingerprint density at radius 2 is 1.84 bits per heavy atom. The van der Waals surface area contributed by atoms with Crippen LogP contribution in [0.25, 0.3) is 11.4 Å². The molecule has 0 bridgehead atoms. The van der Waals surface area contributed by atoms with Crippen LogP contribution >= 0.6 is 11.3 Å². The van der Waals surface area contributed by atoms with Crippen molar-refractivity contribution >= 4 is 23.2 Å². The second kappa shape index (κ2) is 8.84. The first-order valence-corrected chi connectivity index (χ1v) is 10.1. The summed E-state index contributed by atoms with van der Waals surface area (Å²) in [5.74, 6) is -0.877. The molecule has 0 saturated heterocycles. The van der Waals surface area contributed by atoms with E-state index in [9.17, 15) is 14.0 Å². The maximum absolute atomic E-state index is 13.3. The third-order valence-electron chi connectivity index (χ3n) is 4.50. The number of nitrogens with one attached hydrogen (secondary N) is 1. The highest BCUT2D eigenvalue weighted by Gasteiger charge is 2.19. The molecule has 0 aliphatic heterocycles. The highest BCUT2D eigenvalue weighted by Crippen LogP contribution is 2.26. The van der Waals surface area contributed by atoms with Crippen LogP contribution < -0.4 is 11.1 Å². The standard InChI is InChI=1S/C21H17FN6O2S/c22-16-9-7-13(8-10-16)19(17-2-1-11-31-17)24-18(29)12-28-26-21(25-27-28)15-5-3-14(4-6-15)20(23)30/h1-11,19H,12H2,(H2,23,30)(H,24,29)/t19-/m0/s1. The average Bonchev–Trinajstić information content (AvgIpc) is 3.45. The lowest BCUT2D eigenvalue weighted by atomic mass is 10.1. The van der Waals surface area contributed by atoms with Gasteiger partial charge in [-0.25, -0.2) is 4.39 Å². The Hall–Kier alpha value is -3.92. The molecule has 0 aliphatic carbocycles. The zero-order valence-corrected chi connectivity index (χ0v) is 16.9. The van der Waals surface area contributed by atoms with Gasteiger partial charge in [0.05, 0.1) is 6.04 Å². The monoisotopic (exact) mass is 436 g/mol. The average molecular weight is 436 g/mol. The highest BCUT2D eigenvalue weighted by atomic mass is 32.1. The fourth-order valence-corrected chi connectivity index (χ4v) is 3.78. The van der Waals surface area contributed by atoms with Crippen LogP contribution in [0.1, 0.15) is 26.8 Å². The highest BCUT2D eigenvalue weighted by molar-refractivity contribution is 7.10. The van der Waals surface area contributed by atoms with Gasteiger partial charge in [-0.2, -0.15) is 4.80 Å². The minimum atomic E-state index is -0.527. The van der Waals surface area contributed by atoms with E-state index in [1.165, 1.54) is 28.3 Å². The Kier molecular flexibility index (Phi) is 5.80. The number of benzene rings is 2. The van der Waals surface area contributed by atoms with Gasteiger partial charge >= 0.3 is 0 Å². The summed E-state index contributed by atoms with van der Waals surface area (Å²) in [5.41, 5.74) is 7.01.